The second-order valence-electron chi connectivity index (χ2n) is 10.9. The first-order valence-corrected chi connectivity index (χ1v) is 17.2. The van der Waals surface area contributed by atoms with Gasteiger partial charge in [0.05, 0.1) is 5.41 Å². The number of halogens is 2. The number of ether oxygens (including phenoxy) is 2. The molecule has 2 heterocycles. The number of carboxylic acids is 1. The molecule has 7 nitrogen and oxygen atoms in total. The van der Waals surface area contributed by atoms with Gasteiger partial charge in [0.2, 0.25) is 0 Å². The van der Waals surface area contributed by atoms with Crippen molar-refractivity contribution in [3.05, 3.63) is 68.6 Å². The minimum absolute atomic E-state index is 0. The second kappa shape index (κ2) is 20.5. The number of aliphatic hydroxyl groups excluding tert-OH is 1. The summed E-state index contributed by atoms with van der Waals surface area (Å²) in [6.07, 6.45) is 7.71. The summed E-state index contributed by atoms with van der Waals surface area (Å²) >= 11 is 8.47. The Hall–Kier alpha value is -1.50. The zero-order valence-electron chi connectivity index (χ0n) is 25.0. The third kappa shape index (κ3) is 14.0. The van der Waals surface area contributed by atoms with E-state index in [0.717, 1.165) is 32.9 Å². The van der Waals surface area contributed by atoms with E-state index >= 15 is 0 Å². The van der Waals surface area contributed by atoms with Crippen molar-refractivity contribution >= 4 is 69.6 Å². The van der Waals surface area contributed by atoms with Crippen LogP contribution in [0, 0.1) is 10.8 Å². The van der Waals surface area contributed by atoms with Gasteiger partial charge in [0.1, 0.15) is 11.6 Å². The molecule has 2 saturated heterocycles. The van der Waals surface area contributed by atoms with Crippen molar-refractivity contribution in [3.8, 4) is 0 Å². The Morgan fingerprint density at radius 2 is 1.12 bits per heavy atom. The Morgan fingerprint density at radius 1 is 0.744 bits per heavy atom. The number of carbonyl (C=O) groups excluding carboxylic acids is 2. The maximum absolute atomic E-state index is 12.2. The lowest BCUT2D eigenvalue weighted by Crippen LogP contribution is -2.39. The fourth-order valence-electron chi connectivity index (χ4n) is 5.00. The highest BCUT2D eigenvalue weighted by molar-refractivity contribution is 9.10. The fourth-order valence-corrected chi connectivity index (χ4v) is 5.53. The summed E-state index contributed by atoms with van der Waals surface area (Å²) in [6, 6.07) is 15.3. The lowest BCUT2D eigenvalue weighted by molar-refractivity contribution is -0.157. The maximum Gasteiger partial charge on any atom is 0.310 e. The van der Waals surface area contributed by atoms with Crippen molar-refractivity contribution in [3.63, 3.8) is 0 Å². The zero-order valence-corrected chi connectivity index (χ0v) is 29.0. The molecule has 3 radical (unpaired) electrons. The van der Waals surface area contributed by atoms with Crippen LogP contribution in [0.25, 0.3) is 0 Å². The molecule has 2 aliphatic heterocycles. The second-order valence-corrected chi connectivity index (χ2v) is 13.6. The van der Waals surface area contributed by atoms with Crippen LogP contribution in [0.4, 0.5) is 0 Å². The van der Waals surface area contributed by atoms with E-state index in [1.54, 1.807) is 11.8 Å². The smallest absolute Gasteiger partial charge is 0.310 e. The SMILES string of the molecule is CSC.O=C(Cc1ccc(Br)cc1)CC1(C(=O)O)CCOCC1.O=C(Cc1ccc(Br)cc1)CC1(CO)CCOCC1.[B]. The first-order valence-electron chi connectivity index (χ1n) is 14.0. The normalized spacial score (nSPS) is 16.7. The van der Waals surface area contributed by atoms with Crippen LogP contribution in [0.1, 0.15) is 49.7 Å². The summed E-state index contributed by atoms with van der Waals surface area (Å²) in [4.78, 5) is 35.8. The van der Waals surface area contributed by atoms with E-state index in [9.17, 15) is 24.6 Å². The number of ketones is 2. The van der Waals surface area contributed by atoms with Gasteiger partial charge >= 0.3 is 5.97 Å². The van der Waals surface area contributed by atoms with Crippen molar-refractivity contribution < 1.29 is 34.1 Å². The number of Topliss-reactive ketones (excluding diaryl/α,β-unsaturated/α-hetero) is 2. The minimum Gasteiger partial charge on any atom is -0.481 e. The number of carboxylic acid groups (broad SMARTS) is 1. The highest BCUT2D eigenvalue weighted by Crippen LogP contribution is 2.36. The molecule has 0 amide bonds. The van der Waals surface area contributed by atoms with E-state index in [1.807, 2.05) is 61.0 Å². The van der Waals surface area contributed by atoms with Crippen molar-refractivity contribution in [2.45, 2.75) is 51.4 Å². The van der Waals surface area contributed by atoms with Gasteiger partial charge < -0.3 is 19.7 Å². The van der Waals surface area contributed by atoms with Gasteiger partial charge in [-0.25, -0.2) is 0 Å². The quantitative estimate of drug-likeness (QED) is 0.279. The Kier molecular flexibility index (Phi) is 18.9. The number of hydrogen-bond donors (Lipinski definition) is 2. The van der Waals surface area contributed by atoms with Crippen molar-refractivity contribution in [2.75, 3.05) is 45.5 Å². The van der Waals surface area contributed by atoms with E-state index in [2.05, 4.69) is 31.9 Å². The number of benzene rings is 2. The minimum atomic E-state index is -0.940. The zero-order chi connectivity index (χ0) is 31.0. The van der Waals surface area contributed by atoms with Crippen LogP contribution in [0.2, 0.25) is 0 Å². The molecule has 11 heteroatoms. The number of carbonyl (C=O) groups is 3. The van der Waals surface area contributed by atoms with Crippen LogP contribution in [-0.4, -0.2) is 81.7 Å². The summed E-state index contributed by atoms with van der Waals surface area (Å²) in [5.74, 6) is -0.722. The number of thioether (sulfide) groups is 1. The highest BCUT2D eigenvalue weighted by atomic mass is 79.9. The third-order valence-electron chi connectivity index (χ3n) is 7.53. The Labute approximate surface area is 278 Å². The lowest BCUT2D eigenvalue weighted by Gasteiger charge is -2.34. The number of rotatable bonds is 10. The molecule has 235 valence electrons. The number of aliphatic hydroxyl groups is 1. The number of aliphatic carboxylic acids is 1. The standard InChI is InChI=1S/C15H17BrO4.C15H19BrO3.C2H6S.B/c16-12-3-1-11(2-4-12)9-13(17)10-15(14(18)19)5-7-20-8-6-15;16-13-3-1-12(2-4-13)9-14(18)10-15(11-17)5-7-19-8-6-15;1-3-2;/h1-4H,5-10H2,(H,18,19);1-4,17H,5-11H2;1-2H3;. The predicted octanol–water partition coefficient (Wildman–Crippen LogP) is 6.17. The Morgan fingerprint density at radius 3 is 1.49 bits per heavy atom. The first kappa shape index (κ1) is 39.5. The van der Waals surface area contributed by atoms with Crippen molar-refractivity contribution in [2.24, 2.45) is 10.8 Å². The average molecular weight is 741 g/mol. The van der Waals surface area contributed by atoms with Crippen LogP contribution >= 0.6 is 43.6 Å². The van der Waals surface area contributed by atoms with Crippen LogP contribution in [0.15, 0.2) is 57.5 Å². The summed E-state index contributed by atoms with van der Waals surface area (Å²) in [5.41, 5.74) is 0.731. The molecular formula is C32H42BBr2O7S. The molecule has 0 saturated carbocycles. The van der Waals surface area contributed by atoms with Crippen molar-refractivity contribution in [1.29, 1.82) is 0 Å². The maximum atomic E-state index is 12.2. The van der Waals surface area contributed by atoms with E-state index in [0.29, 0.717) is 52.1 Å². The van der Waals surface area contributed by atoms with Crippen LogP contribution < -0.4 is 0 Å². The molecule has 0 atom stereocenters. The van der Waals surface area contributed by atoms with Gasteiger partial charge in [-0.05, 0) is 73.6 Å². The molecule has 0 aromatic heterocycles. The predicted molar refractivity (Wildman–Crippen MR) is 180 cm³/mol. The van der Waals surface area contributed by atoms with Crippen LogP contribution in [0.5, 0.6) is 0 Å². The topological polar surface area (TPSA) is 110 Å². The largest absolute Gasteiger partial charge is 0.481 e. The lowest BCUT2D eigenvalue weighted by atomic mass is 9.75. The molecule has 2 fully saturated rings. The van der Waals surface area contributed by atoms with Gasteiger partial charge in [0.15, 0.2) is 0 Å². The molecule has 2 N–H and O–H groups in total. The van der Waals surface area contributed by atoms with E-state index in [4.69, 9.17) is 9.47 Å². The van der Waals surface area contributed by atoms with Gasteiger partial charge in [0, 0.05) is 81.5 Å². The Bertz CT molecular complexity index is 1120. The summed E-state index contributed by atoms with van der Waals surface area (Å²) < 4.78 is 12.5. The highest BCUT2D eigenvalue weighted by Gasteiger charge is 2.41. The number of hydrogen-bond acceptors (Lipinski definition) is 7. The summed E-state index contributed by atoms with van der Waals surface area (Å²) in [7, 11) is 0. The molecule has 0 spiro atoms. The van der Waals surface area contributed by atoms with Crippen LogP contribution in [0.3, 0.4) is 0 Å². The molecule has 0 unspecified atom stereocenters. The average Bonchev–Trinajstić information content (AvgIpc) is 2.97. The summed E-state index contributed by atoms with van der Waals surface area (Å²) in [6.45, 7) is 2.19. The molecular weight excluding hydrogens is 699 g/mol. The van der Waals surface area contributed by atoms with E-state index in [-0.39, 0.29) is 44.8 Å². The molecule has 4 rings (SSSR count). The fraction of sp³-hybridized carbons (Fsp3) is 0.531. The van der Waals surface area contributed by atoms with E-state index in [1.165, 1.54) is 0 Å². The molecule has 2 aromatic rings. The molecule has 0 bridgehead atoms. The van der Waals surface area contributed by atoms with E-state index < -0.39 is 11.4 Å². The first-order chi connectivity index (χ1) is 20.1. The van der Waals surface area contributed by atoms with Crippen molar-refractivity contribution in [1.82, 2.24) is 0 Å². The van der Waals surface area contributed by atoms with Gasteiger partial charge in [-0.2, -0.15) is 11.8 Å². The molecule has 2 aliphatic rings. The third-order valence-corrected chi connectivity index (χ3v) is 8.59. The Balaban J connectivity index is 0.000000386. The van der Waals surface area contributed by atoms with Gasteiger partial charge in [-0.1, -0.05) is 56.1 Å². The molecule has 2 aromatic carbocycles. The molecule has 43 heavy (non-hydrogen) atoms. The monoisotopic (exact) mass is 739 g/mol. The van der Waals surface area contributed by atoms with Gasteiger partial charge in [-0.15, -0.1) is 0 Å². The van der Waals surface area contributed by atoms with Crippen LogP contribution in [-0.2, 0) is 36.7 Å². The van der Waals surface area contributed by atoms with Gasteiger partial charge in [0.25, 0.3) is 0 Å². The summed E-state index contributed by atoms with van der Waals surface area (Å²) in [5, 5.41) is 19.0. The molecule has 0 aliphatic carbocycles. The van der Waals surface area contributed by atoms with Gasteiger partial charge in [-0.3, -0.25) is 14.4 Å².